The van der Waals surface area contributed by atoms with Crippen molar-refractivity contribution in [2.45, 2.75) is 96.8 Å². The van der Waals surface area contributed by atoms with Crippen LogP contribution in [0.4, 0.5) is 5.82 Å². The summed E-state index contributed by atoms with van der Waals surface area (Å²) in [5.41, 5.74) is 0. The summed E-state index contributed by atoms with van der Waals surface area (Å²) in [5, 5.41) is 3.38. The molecule has 1 rings (SSSR count). The van der Waals surface area contributed by atoms with Crippen molar-refractivity contribution in [1.82, 2.24) is 4.98 Å². The lowest BCUT2D eigenvalue weighted by Gasteiger charge is -2.05. The molecule has 0 aliphatic heterocycles. The highest BCUT2D eigenvalue weighted by molar-refractivity contribution is 6.30. The first-order valence-corrected chi connectivity index (χ1v) is 10.5. The van der Waals surface area contributed by atoms with Gasteiger partial charge in [0.05, 0.1) is 5.02 Å². The van der Waals surface area contributed by atoms with Crippen LogP contribution < -0.4 is 5.32 Å². The van der Waals surface area contributed by atoms with Crippen LogP contribution in [0.5, 0.6) is 0 Å². The molecule has 4 heteroatoms. The highest BCUT2D eigenvalue weighted by Gasteiger charge is 2.03. The van der Waals surface area contributed by atoms with Gasteiger partial charge in [-0.05, 0) is 18.6 Å². The van der Waals surface area contributed by atoms with Crippen molar-refractivity contribution in [1.29, 1.82) is 0 Å². The van der Waals surface area contributed by atoms with E-state index in [1.165, 1.54) is 70.6 Å². The molecule has 142 valence electrons. The highest BCUT2D eigenvalue weighted by Crippen LogP contribution is 2.14. The van der Waals surface area contributed by atoms with Gasteiger partial charge in [-0.2, -0.15) is 0 Å². The van der Waals surface area contributed by atoms with Crippen molar-refractivity contribution < 1.29 is 4.79 Å². The molecule has 1 aromatic rings. The van der Waals surface area contributed by atoms with E-state index in [0.717, 1.165) is 12.8 Å². The van der Waals surface area contributed by atoms with Gasteiger partial charge in [-0.15, -0.1) is 0 Å². The second-order valence-corrected chi connectivity index (χ2v) is 7.34. The number of carbonyl (C=O) groups is 1. The van der Waals surface area contributed by atoms with Gasteiger partial charge >= 0.3 is 0 Å². The average Bonchev–Trinajstić information content (AvgIpc) is 2.61. The van der Waals surface area contributed by atoms with E-state index in [1.54, 1.807) is 18.3 Å². The largest absolute Gasteiger partial charge is 0.311 e. The molecule has 1 aromatic heterocycles. The number of nitrogens with zero attached hydrogens (tertiary/aromatic N) is 1. The molecular formula is C21H35ClN2O. The summed E-state index contributed by atoms with van der Waals surface area (Å²) in [4.78, 5) is 15.9. The molecule has 0 bridgehead atoms. The monoisotopic (exact) mass is 366 g/mol. The van der Waals surface area contributed by atoms with Crippen LogP contribution in [0.15, 0.2) is 18.3 Å². The number of hydrogen-bond acceptors (Lipinski definition) is 2. The van der Waals surface area contributed by atoms with Gasteiger partial charge in [0.2, 0.25) is 5.91 Å². The van der Waals surface area contributed by atoms with Gasteiger partial charge < -0.3 is 5.32 Å². The Kier molecular flexibility index (Phi) is 13.3. The second kappa shape index (κ2) is 15.2. The Morgan fingerprint density at radius 2 is 1.40 bits per heavy atom. The quantitative estimate of drug-likeness (QED) is 0.334. The fraction of sp³-hybridized carbons (Fsp3) is 0.714. The van der Waals surface area contributed by atoms with E-state index in [9.17, 15) is 4.79 Å². The third kappa shape index (κ3) is 12.9. The third-order valence-corrected chi connectivity index (χ3v) is 4.73. The zero-order valence-electron chi connectivity index (χ0n) is 15.9. The zero-order chi connectivity index (χ0) is 18.2. The number of aromatic nitrogens is 1. The Balaban J connectivity index is 1.85. The number of anilines is 1. The van der Waals surface area contributed by atoms with E-state index in [2.05, 4.69) is 17.2 Å². The standard InChI is InChI=1S/C21H35ClN2O/c1-2-3-4-5-6-7-8-9-10-11-12-13-14-15-21(25)24-20-17-16-19(22)18-23-20/h16-18H,2-15H2,1H3,(H,23,24,25). The lowest BCUT2D eigenvalue weighted by Crippen LogP contribution is -2.11. The molecule has 0 unspecified atom stereocenters. The molecular weight excluding hydrogens is 332 g/mol. The van der Waals surface area contributed by atoms with Crippen LogP contribution in [-0.2, 0) is 4.79 Å². The summed E-state index contributed by atoms with van der Waals surface area (Å²) >= 11 is 5.77. The lowest BCUT2D eigenvalue weighted by molar-refractivity contribution is -0.116. The van der Waals surface area contributed by atoms with Gasteiger partial charge in [0.25, 0.3) is 0 Å². The Hall–Kier alpha value is -1.09. The van der Waals surface area contributed by atoms with Crippen molar-refractivity contribution in [3.05, 3.63) is 23.4 Å². The molecule has 0 aromatic carbocycles. The molecule has 0 aliphatic carbocycles. The number of hydrogen-bond donors (Lipinski definition) is 1. The molecule has 0 saturated carbocycles. The zero-order valence-corrected chi connectivity index (χ0v) is 16.6. The van der Waals surface area contributed by atoms with Gasteiger partial charge in [-0.3, -0.25) is 4.79 Å². The third-order valence-electron chi connectivity index (χ3n) is 4.50. The van der Waals surface area contributed by atoms with Crippen LogP contribution >= 0.6 is 11.6 Å². The second-order valence-electron chi connectivity index (χ2n) is 6.90. The van der Waals surface area contributed by atoms with Crippen LogP contribution in [0.2, 0.25) is 5.02 Å². The van der Waals surface area contributed by atoms with Crippen LogP contribution in [0, 0.1) is 0 Å². The van der Waals surface area contributed by atoms with Crippen LogP contribution in [-0.4, -0.2) is 10.9 Å². The number of halogens is 1. The van der Waals surface area contributed by atoms with Crippen LogP contribution in [0.3, 0.4) is 0 Å². The SMILES string of the molecule is CCCCCCCCCCCCCCCC(=O)Nc1ccc(Cl)cn1. The van der Waals surface area contributed by atoms with Crippen molar-refractivity contribution in [2.75, 3.05) is 5.32 Å². The number of nitrogens with one attached hydrogen (secondary N) is 1. The van der Waals surface area contributed by atoms with Crippen LogP contribution in [0.1, 0.15) is 96.8 Å². The van der Waals surface area contributed by atoms with Gasteiger partial charge in [0.15, 0.2) is 0 Å². The minimum Gasteiger partial charge on any atom is -0.311 e. The number of amides is 1. The fourth-order valence-electron chi connectivity index (χ4n) is 2.96. The molecule has 3 nitrogen and oxygen atoms in total. The molecule has 0 aliphatic rings. The summed E-state index contributed by atoms with van der Waals surface area (Å²) in [6, 6.07) is 3.46. The lowest BCUT2D eigenvalue weighted by atomic mass is 10.0. The summed E-state index contributed by atoms with van der Waals surface area (Å²) < 4.78 is 0. The van der Waals surface area contributed by atoms with Crippen LogP contribution in [0.25, 0.3) is 0 Å². The maximum absolute atomic E-state index is 11.8. The Labute approximate surface area is 159 Å². The maximum atomic E-state index is 11.8. The van der Waals surface area contributed by atoms with E-state index in [-0.39, 0.29) is 5.91 Å². The minimum atomic E-state index is 0.0397. The van der Waals surface area contributed by atoms with Gasteiger partial charge in [0, 0.05) is 12.6 Å². The normalized spacial score (nSPS) is 10.8. The summed E-state index contributed by atoms with van der Waals surface area (Å²) in [5.74, 6) is 0.613. The first-order chi connectivity index (χ1) is 12.2. The Morgan fingerprint density at radius 3 is 1.88 bits per heavy atom. The van der Waals surface area contributed by atoms with Gasteiger partial charge in [0.1, 0.15) is 5.82 Å². The number of carbonyl (C=O) groups excluding carboxylic acids is 1. The Bertz CT molecular complexity index is 448. The molecule has 1 N–H and O–H groups in total. The predicted octanol–water partition coefficient (Wildman–Crippen LogP) is 7.15. The van der Waals surface area contributed by atoms with Crippen molar-refractivity contribution >= 4 is 23.3 Å². The molecule has 0 saturated heterocycles. The van der Waals surface area contributed by atoms with E-state index < -0.39 is 0 Å². The average molecular weight is 367 g/mol. The van der Waals surface area contributed by atoms with E-state index >= 15 is 0 Å². The molecule has 1 amide bonds. The molecule has 25 heavy (non-hydrogen) atoms. The smallest absolute Gasteiger partial charge is 0.225 e. The van der Waals surface area contributed by atoms with E-state index in [0.29, 0.717) is 17.3 Å². The molecule has 1 heterocycles. The molecule has 0 radical (unpaired) electrons. The van der Waals surface area contributed by atoms with E-state index in [4.69, 9.17) is 11.6 Å². The summed E-state index contributed by atoms with van der Waals surface area (Å²) in [6.45, 7) is 2.27. The van der Waals surface area contributed by atoms with Gasteiger partial charge in [-0.1, -0.05) is 95.6 Å². The number of pyridine rings is 1. The Morgan fingerprint density at radius 1 is 0.880 bits per heavy atom. The van der Waals surface area contributed by atoms with Gasteiger partial charge in [-0.25, -0.2) is 4.98 Å². The maximum Gasteiger partial charge on any atom is 0.225 e. The summed E-state index contributed by atoms with van der Waals surface area (Å²) in [7, 11) is 0. The van der Waals surface area contributed by atoms with Crippen molar-refractivity contribution in [3.8, 4) is 0 Å². The predicted molar refractivity (Wildman–Crippen MR) is 108 cm³/mol. The van der Waals surface area contributed by atoms with Crippen molar-refractivity contribution in [3.63, 3.8) is 0 Å². The molecule has 0 fully saturated rings. The highest BCUT2D eigenvalue weighted by atomic mass is 35.5. The first kappa shape index (κ1) is 22.0. The van der Waals surface area contributed by atoms with Crippen molar-refractivity contribution in [2.24, 2.45) is 0 Å². The fourth-order valence-corrected chi connectivity index (χ4v) is 3.07. The number of unbranched alkanes of at least 4 members (excludes halogenated alkanes) is 12. The number of rotatable bonds is 15. The topological polar surface area (TPSA) is 42.0 Å². The molecule has 0 spiro atoms. The first-order valence-electron chi connectivity index (χ1n) is 10.1. The van der Waals surface area contributed by atoms with E-state index in [1.807, 2.05) is 0 Å². The summed E-state index contributed by atoms with van der Waals surface area (Å²) in [6.07, 6.45) is 19.2. The molecule has 0 atom stereocenters. The minimum absolute atomic E-state index is 0.0397.